The Morgan fingerprint density at radius 3 is 2.66 bits per heavy atom. The van der Waals surface area contributed by atoms with E-state index in [-0.39, 0.29) is 47.8 Å². The van der Waals surface area contributed by atoms with E-state index < -0.39 is 23.7 Å². The van der Waals surface area contributed by atoms with Gasteiger partial charge in [-0.1, -0.05) is 17.7 Å². The molecule has 194 valence electrons. The molecule has 9 heteroatoms. The van der Waals surface area contributed by atoms with Crippen LogP contribution in [0, 0.1) is 17.8 Å². The lowest BCUT2D eigenvalue weighted by Gasteiger charge is -2.42. The number of phenolic OH excluding ortho intramolecular Hbond substituents is 1. The van der Waals surface area contributed by atoms with Crippen LogP contribution in [0.3, 0.4) is 0 Å². The minimum atomic E-state index is -0.607. The summed E-state index contributed by atoms with van der Waals surface area (Å²) >= 11 is 4.88. The fourth-order valence-corrected chi connectivity index (χ4v) is 7.59. The molecule has 1 fully saturated rings. The number of fused-ring (bicyclic) bond motifs is 3. The van der Waals surface area contributed by atoms with Crippen LogP contribution in [0.1, 0.15) is 36.1 Å². The SMILES string of the molecule is COc1cc([C@H]2C3=CC[C@@H]4C(=O)N(Cc5cccs5)C(=O)[C@@H]4[C@@H]3CC3=C2C(=O)C(C)=CC3=O)cc(Br)c1O. The number of benzene rings is 1. The second-order valence-corrected chi connectivity index (χ2v) is 12.0. The van der Waals surface area contributed by atoms with Crippen molar-refractivity contribution in [2.75, 3.05) is 7.11 Å². The average Bonchev–Trinajstić information content (AvgIpc) is 3.50. The lowest BCUT2D eigenvalue weighted by molar-refractivity contribution is -0.140. The van der Waals surface area contributed by atoms with Crippen molar-refractivity contribution in [2.24, 2.45) is 17.8 Å². The van der Waals surface area contributed by atoms with Gasteiger partial charge in [0.05, 0.1) is 30.0 Å². The van der Waals surface area contributed by atoms with E-state index in [4.69, 9.17) is 4.74 Å². The Labute approximate surface area is 231 Å². The first kappa shape index (κ1) is 25.0. The molecule has 1 saturated heterocycles. The Bertz CT molecular complexity index is 1520. The number of hydrogen-bond donors (Lipinski definition) is 1. The van der Waals surface area contributed by atoms with E-state index in [0.717, 1.165) is 10.5 Å². The maximum Gasteiger partial charge on any atom is 0.234 e. The van der Waals surface area contributed by atoms with Crippen LogP contribution in [0.15, 0.2) is 68.6 Å². The Morgan fingerprint density at radius 1 is 1.16 bits per heavy atom. The van der Waals surface area contributed by atoms with Crippen molar-refractivity contribution in [3.63, 3.8) is 0 Å². The van der Waals surface area contributed by atoms with Gasteiger partial charge in [-0.3, -0.25) is 24.1 Å². The molecule has 0 radical (unpaired) electrons. The molecular formula is C29H24BrNO6S. The van der Waals surface area contributed by atoms with Gasteiger partial charge in [0.2, 0.25) is 11.8 Å². The van der Waals surface area contributed by atoms with Crippen molar-refractivity contribution in [3.05, 3.63) is 79.0 Å². The van der Waals surface area contributed by atoms with Gasteiger partial charge in [-0.15, -0.1) is 11.3 Å². The van der Waals surface area contributed by atoms with Crippen LogP contribution in [-0.2, 0) is 25.7 Å². The number of carbonyl (C=O) groups excluding carboxylic acids is 4. The summed E-state index contributed by atoms with van der Waals surface area (Å²) in [6.45, 7) is 1.87. The molecule has 4 aliphatic rings. The van der Waals surface area contributed by atoms with Gasteiger partial charge in [-0.2, -0.15) is 0 Å². The molecule has 7 nitrogen and oxygen atoms in total. The molecule has 6 rings (SSSR count). The lowest BCUT2D eigenvalue weighted by Crippen LogP contribution is -2.39. The highest BCUT2D eigenvalue weighted by Gasteiger charge is 2.56. The second-order valence-electron chi connectivity index (χ2n) is 10.1. The number of likely N-dealkylation sites (tertiary alicyclic amines) is 1. The normalized spacial score (nSPS) is 26.7. The van der Waals surface area contributed by atoms with Crippen LogP contribution < -0.4 is 4.74 Å². The molecular weight excluding hydrogens is 570 g/mol. The van der Waals surface area contributed by atoms with Gasteiger partial charge < -0.3 is 9.84 Å². The predicted molar refractivity (Wildman–Crippen MR) is 144 cm³/mol. The van der Waals surface area contributed by atoms with E-state index in [1.165, 1.54) is 29.4 Å². The number of halogens is 1. The maximum atomic E-state index is 13.8. The second kappa shape index (κ2) is 9.17. The first-order chi connectivity index (χ1) is 18.2. The summed E-state index contributed by atoms with van der Waals surface area (Å²) in [4.78, 5) is 56.2. The lowest BCUT2D eigenvalue weighted by atomic mass is 9.59. The number of allylic oxidation sites excluding steroid dienone is 6. The molecule has 1 aromatic heterocycles. The Balaban J connectivity index is 1.48. The van der Waals surface area contributed by atoms with Crippen molar-refractivity contribution in [3.8, 4) is 11.5 Å². The number of methoxy groups -OCH3 is 1. The number of aromatic hydroxyl groups is 1. The fourth-order valence-electron chi connectivity index (χ4n) is 6.44. The third kappa shape index (κ3) is 3.66. The summed E-state index contributed by atoms with van der Waals surface area (Å²) in [7, 11) is 1.44. The summed E-state index contributed by atoms with van der Waals surface area (Å²) < 4.78 is 5.77. The highest BCUT2D eigenvalue weighted by atomic mass is 79.9. The van der Waals surface area contributed by atoms with Gasteiger partial charge >= 0.3 is 0 Å². The third-order valence-corrected chi connectivity index (χ3v) is 9.62. The van der Waals surface area contributed by atoms with E-state index >= 15 is 0 Å². The van der Waals surface area contributed by atoms with E-state index in [0.29, 0.717) is 33.2 Å². The van der Waals surface area contributed by atoms with E-state index in [2.05, 4.69) is 15.9 Å². The number of imide groups is 1. The highest BCUT2D eigenvalue weighted by molar-refractivity contribution is 9.10. The van der Waals surface area contributed by atoms with Gasteiger partial charge in [0.25, 0.3) is 0 Å². The zero-order valence-electron chi connectivity index (χ0n) is 20.7. The summed E-state index contributed by atoms with van der Waals surface area (Å²) in [5, 5.41) is 12.3. The summed E-state index contributed by atoms with van der Waals surface area (Å²) in [6.07, 6.45) is 3.97. The highest BCUT2D eigenvalue weighted by Crippen LogP contribution is 2.56. The van der Waals surface area contributed by atoms with Crippen molar-refractivity contribution in [1.82, 2.24) is 4.90 Å². The Kier molecular flexibility index (Phi) is 6.03. The number of thiophene rings is 1. The predicted octanol–water partition coefficient (Wildman–Crippen LogP) is 4.85. The van der Waals surface area contributed by atoms with E-state index in [9.17, 15) is 24.3 Å². The summed E-state index contributed by atoms with van der Waals surface area (Å²) in [6, 6.07) is 7.18. The largest absolute Gasteiger partial charge is 0.503 e. The summed E-state index contributed by atoms with van der Waals surface area (Å²) in [5.74, 6) is -2.80. The van der Waals surface area contributed by atoms with Gasteiger partial charge in [0.1, 0.15) is 0 Å². The van der Waals surface area contributed by atoms with E-state index in [1.54, 1.807) is 19.1 Å². The number of carbonyl (C=O) groups is 4. The van der Waals surface area contributed by atoms with Crippen molar-refractivity contribution >= 4 is 50.6 Å². The molecule has 38 heavy (non-hydrogen) atoms. The average molecular weight is 594 g/mol. The summed E-state index contributed by atoms with van der Waals surface area (Å²) in [5.41, 5.74) is 2.69. The van der Waals surface area contributed by atoms with Gasteiger partial charge in [0, 0.05) is 27.5 Å². The van der Waals surface area contributed by atoms with Crippen LogP contribution in [0.2, 0.25) is 0 Å². The minimum absolute atomic E-state index is 0.0709. The molecule has 4 atom stereocenters. The topological polar surface area (TPSA) is 101 Å². The van der Waals surface area contributed by atoms with Gasteiger partial charge in [-0.25, -0.2) is 0 Å². The van der Waals surface area contributed by atoms with Gasteiger partial charge in [0.15, 0.2) is 23.1 Å². The van der Waals surface area contributed by atoms with Crippen LogP contribution in [0.25, 0.3) is 0 Å². The van der Waals surface area contributed by atoms with Crippen LogP contribution in [0.4, 0.5) is 0 Å². The van der Waals surface area contributed by atoms with Crippen molar-refractivity contribution in [2.45, 2.75) is 32.2 Å². The van der Waals surface area contributed by atoms with Gasteiger partial charge in [-0.05, 0) is 76.8 Å². The van der Waals surface area contributed by atoms with Crippen LogP contribution >= 0.6 is 27.3 Å². The smallest absolute Gasteiger partial charge is 0.234 e. The van der Waals surface area contributed by atoms with E-state index in [1.807, 2.05) is 23.6 Å². The zero-order chi connectivity index (χ0) is 26.9. The molecule has 1 aromatic carbocycles. The number of rotatable bonds is 4. The first-order valence-corrected chi connectivity index (χ1v) is 14.0. The molecule has 0 unspecified atom stereocenters. The number of phenols is 1. The number of Topliss-reactive ketones (excluding diaryl/α,β-unsaturated/α-hetero) is 1. The Hall–Kier alpha value is -3.30. The quantitative estimate of drug-likeness (QED) is 0.309. The molecule has 0 bridgehead atoms. The van der Waals surface area contributed by atoms with Crippen LogP contribution in [0.5, 0.6) is 11.5 Å². The first-order valence-electron chi connectivity index (χ1n) is 12.4. The number of ether oxygens (including phenoxy) is 1. The monoisotopic (exact) mass is 593 g/mol. The van der Waals surface area contributed by atoms with Crippen LogP contribution in [-0.4, -0.2) is 40.5 Å². The molecule has 1 aliphatic heterocycles. The number of nitrogens with zero attached hydrogens (tertiary/aromatic N) is 1. The molecule has 3 aliphatic carbocycles. The molecule has 1 N–H and O–H groups in total. The minimum Gasteiger partial charge on any atom is -0.503 e. The van der Waals surface area contributed by atoms with Crippen molar-refractivity contribution < 1.29 is 29.0 Å². The number of amides is 2. The maximum absolute atomic E-state index is 13.8. The number of ketones is 2. The van der Waals surface area contributed by atoms with Crippen molar-refractivity contribution in [1.29, 1.82) is 0 Å². The zero-order valence-corrected chi connectivity index (χ0v) is 23.1. The molecule has 0 saturated carbocycles. The number of hydrogen-bond acceptors (Lipinski definition) is 7. The fraction of sp³-hybridized carbons (Fsp3) is 0.310. The molecule has 2 heterocycles. The molecule has 2 aromatic rings. The molecule has 2 amide bonds. The molecule has 0 spiro atoms. The third-order valence-electron chi connectivity index (χ3n) is 8.15. The Morgan fingerprint density at radius 2 is 1.95 bits per heavy atom. The standard InChI is InChI=1S/C29H24BrNO6S/c1-13-8-21(32)19-11-18-16(23(25(19)26(13)33)14-9-20(30)27(34)22(10-14)37-2)5-6-17-24(18)29(36)31(28(17)35)12-15-4-3-7-38-15/h3-5,7-10,17-18,23-24,34H,6,11-12H2,1-2H3/t17-,18+,23-,24-/m0/s1.